The molecule has 0 bridgehead atoms. The zero-order valence-corrected chi connectivity index (χ0v) is 14.1. The Labute approximate surface area is 150 Å². The number of phenols is 1. The number of rotatable bonds is 6. The predicted octanol–water partition coefficient (Wildman–Crippen LogP) is 2.94. The van der Waals surface area contributed by atoms with Gasteiger partial charge in [-0.1, -0.05) is 36.4 Å². The van der Waals surface area contributed by atoms with Crippen molar-refractivity contribution in [3.63, 3.8) is 0 Å². The number of nitrogens with zero attached hydrogens (tertiary/aromatic N) is 2. The van der Waals surface area contributed by atoms with Crippen LogP contribution in [0, 0.1) is 0 Å². The Morgan fingerprint density at radius 1 is 1.27 bits per heavy atom. The summed E-state index contributed by atoms with van der Waals surface area (Å²) in [7, 11) is 0. The van der Waals surface area contributed by atoms with Gasteiger partial charge in [-0.2, -0.15) is 10.2 Å². The summed E-state index contributed by atoms with van der Waals surface area (Å²) < 4.78 is 5.31. The molecule has 0 aliphatic heterocycles. The number of para-hydroxylation sites is 1. The van der Waals surface area contributed by atoms with Crippen molar-refractivity contribution in [2.24, 2.45) is 5.10 Å². The first-order valence-corrected chi connectivity index (χ1v) is 8.08. The fourth-order valence-corrected chi connectivity index (χ4v) is 2.33. The molecule has 7 heteroatoms. The fraction of sp³-hybridized carbons (Fsp3) is 0.105. The lowest BCUT2D eigenvalue weighted by molar-refractivity contribution is 0.0950. The molecule has 0 saturated carbocycles. The standard InChI is InChI=1S/C19H18N4O3/c1-2-26-17-10-6-9-14(18(17)24)12-20-23-19(25)16-11-15(21-22-16)13-7-4-3-5-8-13/h3-12,24H,2H2,1H3,(H,21,22)(H,23,25)/b20-12-. The van der Waals surface area contributed by atoms with Gasteiger partial charge in [0.05, 0.1) is 18.5 Å². The first kappa shape index (κ1) is 17.2. The van der Waals surface area contributed by atoms with Crippen LogP contribution >= 0.6 is 0 Å². The molecule has 0 unspecified atom stereocenters. The van der Waals surface area contributed by atoms with Crippen LogP contribution in [0.5, 0.6) is 11.5 Å². The Hall–Kier alpha value is -3.61. The zero-order valence-electron chi connectivity index (χ0n) is 14.1. The Balaban J connectivity index is 1.67. The van der Waals surface area contributed by atoms with E-state index in [0.29, 0.717) is 23.6 Å². The number of ether oxygens (including phenoxy) is 1. The molecule has 3 aromatic rings. The van der Waals surface area contributed by atoms with Crippen molar-refractivity contribution in [3.8, 4) is 22.8 Å². The third kappa shape index (κ3) is 3.89. The maximum Gasteiger partial charge on any atom is 0.289 e. The molecule has 0 radical (unpaired) electrons. The Kier molecular flexibility index (Phi) is 5.28. The maximum absolute atomic E-state index is 12.2. The quantitative estimate of drug-likeness (QED) is 0.470. The van der Waals surface area contributed by atoms with Gasteiger partial charge in [-0.25, -0.2) is 5.43 Å². The third-order valence-electron chi connectivity index (χ3n) is 3.59. The normalized spacial score (nSPS) is 10.8. The van der Waals surface area contributed by atoms with Crippen molar-refractivity contribution in [2.75, 3.05) is 6.61 Å². The second-order valence-corrected chi connectivity index (χ2v) is 5.36. The molecule has 1 heterocycles. The summed E-state index contributed by atoms with van der Waals surface area (Å²) in [6.07, 6.45) is 1.35. The van der Waals surface area contributed by atoms with Gasteiger partial charge in [-0.05, 0) is 25.1 Å². The number of H-pyrrole nitrogens is 1. The molecule has 0 atom stereocenters. The zero-order chi connectivity index (χ0) is 18.4. The van der Waals surface area contributed by atoms with E-state index in [2.05, 4.69) is 20.7 Å². The molecule has 1 aromatic heterocycles. The van der Waals surface area contributed by atoms with Crippen LogP contribution in [0.25, 0.3) is 11.3 Å². The lowest BCUT2D eigenvalue weighted by Gasteiger charge is -2.07. The molecule has 3 rings (SSSR count). The van der Waals surface area contributed by atoms with E-state index in [9.17, 15) is 9.90 Å². The number of carbonyl (C=O) groups excluding carboxylic acids is 1. The first-order chi connectivity index (χ1) is 12.7. The predicted molar refractivity (Wildman–Crippen MR) is 98.4 cm³/mol. The van der Waals surface area contributed by atoms with E-state index in [4.69, 9.17) is 4.74 Å². The average molecular weight is 350 g/mol. The minimum Gasteiger partial charge on any atom is -0.504 e. The van der Waals surface area contributed by atoms with E-state index >= 15 is 0 Å². The van der Waals surface area contributed by atoms with Gasteiger partial charge in [0, 0.05) is 11.1 Å². The summed E-state index contributed by atoms with van der Waals surface area (Å²) in [5.41, 5.74) is 4.69. The van der Waals surface area contributed by atoms with Crippen LogP contribution in [-0.2, 0) is 0 Å². The molecule has 0 spiro atoms. The highest BCUT2D eigenvalue weighted by molar-refractivity contribution is 5.94. The van der Waals surface area contributed by atoms with Gasteiger partial charge in [-0.15, -0.1) is 0 Å². The van der Waals surface area contributed by atoms with Crippen LogP contribution < -0.4 is 10.2 Å². The van der Waals surface area contributed by atoms with Crippen LogP contribution in [0.1, 0.15) is 23.0 Å². The van der Waals surface area contributed by atoms with Gasteiger partial charge in [0.15, 0.2) is 11.5 Å². The number of benzene rings is 2. The van der Waals surface area contributed by atoms with Crippen molar-refractivity contribution in [2.45, 2.75) is 6.92 Å². The molecular weight excluding hydrogens is 332 g/mol. The number of aromatic amines is 1. The van der Waals surface area contributed by atoms with Gasteiger partial charge < -0.3 is 9.84 Å². The van der Waals surface area contributed by atoms with Crippen molar-refractivity contribution < 1.29 is 14.6 Å². The molecule has 2 aromatic carbocycles. The fourth-order valence-electron chi connectivity index (χ4n) is 2.33. The molecule has 3 N–H and O–H groups in total. The number of aromatic hydroxyl groups is 1. The van der Waals surface area contributed by atoms with Gasteiger partial charge in [0.2, 0.25) is 0 Å². The summed E-state index contributed by atoms with van der Waals surface area (Å²) in [6, 6.07) is 16.2. The highest BCUT2D eigenvalue weighted by Gasteiger charge is 2.10. The van der Waals surface area contributed by atoms with Crippen LogP contribution in [0.2, 0.25) is 0 Å². The third-order valence-corrected chi connectivity index (χ3v) is 3.59. The molecule has 0 fully saturated rings. The van der Waals surface area contributed by atoms with Crippen LogP contribution in [0.3, 0.4) is 0 Å². The molecule has 0 aliphatic carbocycles. The number of hydrogen-bond acceptors (Lipinski definition) is 5. The summed E-state index contributed by atoms with van der Waals surface area (Å²) in [5, 5.41) is 20.8. The summed E-state index contributed by atoms with van der Waals surface area (Å²) >= 11 is 0. The minimum absolute atomic E-state index is 0.0275. The van der Waals surface area contributed by atoms with Crippen LogP contribution in [0.4, 0.5) is 0 Å². The monoisotopic (exact) mass is 350 g/mol. The van der Waals surface area contributed by atoms with Crippen LogP contribution in [-0.4, -0.2) is 34.0 Å². The van der Waals surface area contributed by atoms with Crippen LogP contribution in [0.15, 0.2) is 59.7 Å². The molecule has 0 aliphatic rings. The van der Waals surface area contributed by atoms with E-state index in [1.807, 2.05) is 37.3 Å². The average Bonchev–Trinajstić information content (AvgIpc) is 3.16. The van der Waals surface area contributed by atoms with E-state index < -0.39 is 5.91 Å². The maximum atomic E-state index is 12.2. The number of amides is 1. The minimum atomic E-state index is -0.434. The van der Waals surface area contributed by atoms with E-state index in [0.717, 1.165) is 5.56 Å². The van der Waals surface area contributed by atoms with Crippen molar-refractivity contribution in [1.82, 2.24) is 15.6 Å². The van der Waals surface area contributed by atoms with E-state index in [1.54, 1.807) is 24.3 Å². The smallest absolute Gasteiger partial charge is 0.289 e. The number of carbonyl (C=O) groups is 1. The molecule has 0 saturated heterocycles. The molecule has 7 nitrogen and oxygen atoms in total. The van der Waals surface area contributed by atoms with Gasteiger partial charge in [0.1, 0.15) is 5.69 Å². The van der Waals surface area contributed by atoms with Gasteiger partial charge >= 0.3 is 0 Å². The number of hydrogen-bond donors (Lipinski definition) is 3. The number of aromatic nitrogens is 2. The van der Waals surface area contributed by atoms with Crippen molar-refractivity contribution in [1.29, 1.82) is 0 Å². The Bertz CT molecular complexity index is 920. The SMILES string of the molecule is CCOc1cccc(/C=N\NC(=O)c2cc(-c3ccccc3)n[nH]2)c1O. The first-order valence-electron chi connectivity index (χ1n) is 8.08. The summed E-state index contributed by atoms with van der Waals surface area (Å²) in [5.74, 6) is -0.0968. The number of hydrazone groups is 1. The second kappa shape index (κ2) is 7.98. The lowest BCUT2D eigenvalue weighted by Crippen LogP contribution is -2.18. The topological polar surface area (TPSA) is 99.6 Å². The lowest BCUT2D eigenvalue weighted by atomic mass is 10.1. The molecule has 132 valence electrons. The van der Waals surface area contributed by atoms with Crippen molar-refractivity contribution >= 4 is 12.1 Å². The summed E-state index contributed by atoms with van der Waals surface area (Å²) in [6.45, 7) is 2.27. The second-order valence-electron chi connectivity index (χ2n) is 5.36. The summed E-state index contributed by atoms with van der Waals surface area (Å²) in [4.78, 5) is 12.2. The Morgan fingerprint density at radius 2 is 2.08 bits per heavy atom. The highest BCUT2D eigenvalue weighted by atomic mass is 16.5. The van der Waals surface area contributed by atoms with E-state index in [-0.39, 0.29) is 11.4 Å². The Morgan fingerprint density at radius 3 is 2.85 bits per heavy atom. The molecule has 1 amide bonds. The van der Waals surface area contributed by atoms with Gasteiger partial charge in [-0.3, -0.25) is 9.89 Å². The van der Waals surface area contributed by atoms with E-state index in [1.165, 1.54) is 6.21 Å². The van der Waals surface area contributed by atoms with Crippen molar-refractivity contribution in [3.05, 3.63) is 65.9 Å². The highest BCUT2D eigenvalue weighted by Crippen LogP contribution is 2.28. The van der Waals surface area contributed by atoms with Gasteiger partial charge in [0.25, 0.3) is 5.91 Å². The molecule has 26 heavy (non-hydrogen) atoms. The molecular formula is C19H18N4O3. The number of nitrogens with one attached hydrogen (secondary N) is 2. The number of phenolic OH excluding ortho intramolecular Hbond substituents is 1. The largest absolute Gasteiger partial charge is 0.504 e.